The number of rotatable bonds is 9. The quantitative estimate of drug-likeness (QED) is 0.384. The van der Waals surface area contributed by atoms with E-state index >= 15 is 0 Å². The summed E-state index contributed by atoms with van der Waals surface area (Å²) in [7, 11) is 0. The van der Waals surface area contributed by atoms with Crippen molar-refractivity contribution >= 4 is 11.9 Å². The molecule has 2 unspecified atom stereocenters. The molecule has 0 rings (SSSR count). The van der Waals surface area contributed by atoms with Crippen molar-refractivity contribution in [1.82, 2.24) is 0 Å². The van der Waals surface area contributed by atoms with E-state index in [1.165, 1.54) is 13.8 Å². The van der Waals surface area contributed by atoms with E-state index in [9.17, 15) is 19.8 Å². The fourth-order valence-electron chi connectivity index (χ4n) is 0.802. The van der Waals surface area contributed by atoms with Crippen molar-refractivity contribution in [3.05, 3.63) is 0 Å². The van der Waals surface area contributed by atoms with Gasteiger partial charge in [-0.25, -0.2) is 0 Å². The van der Waals surface area contributed by atoms with Crippen LogP contribution in [-0.2, 0) is 36.2 Å². The summed E-state index contributed by atoms with van der Waals surface area (Å²) in [6.07, 6.45) is 0.326. The van der Waals surface area contributed by atoms with Crippen molar-refractivity contribution in [3.8, 4) is 0 Å². The molecule has 0 aliphatic heterocycles. The first-order valence-electron chi connectivity index (χ1n) is 9.30. The molecule has 0 aliphatic carbocycles. The van der Waals surface area contributed by atoms with E-state index in [0.29, 0.717) is 12.0 Å². The maximum absolute atomic E-state index is 10.1. The van der Waals surface area contributed by atoms with E-state index in [1.54, 1.807) is 27.7 Å². The Morgan fingerprint density at radius 1 is 0.857 bits per heavy atom. The fourth-order valence-corrected chi connectivity index (χ4v) is 1.84. The second kappa shape index (κ2) is 15.3. The number of aliphatic carboxylic acids is 2. The maximum atomic E-state index is 10.1. The Balaban J connectivity index is -0.000000336. The van der Waals surface area contributed by atoms with E-state index in [1.807, 2.05) is 13.8 Å². The molecule has 0 aliphatic rings. The molecule has 0 amide bonds. The molecule has 0 spiro atoms. The van der Waals surface area contributed by atoms with E-state index in [-0.39, 0.29) is 11.8 Å². The summed E-state index contributed by atoms with van der Waals surface area (Å²) in [5.41, 5.74) is -3.39. The van der Waals surface area contributed by atoms with Crippen LogP contribution in [0.15, 0.2) is 0 Å². The second-order valence-electron chi connectivity index (χ2n) is 8.13. The van der Waals surface area contributed by atoms with Gasteiger partial charge in [0.2, 0.25) is 0 Å². The number of carboxylic acid groups (broad SMARTS) is 2. The van der Waals surface area contributed by atoms with Crippen molar-refractivity contribution in [2.75, 3.05) is 6.61 Å². The Morgan fingerprint density at radius 2 is 1.18 bits per heavy atom. The van der Waals surface area contributed by atoms with Crippen LogP contribution in [0.1, 0.15) is 69.2 Å². The summed E-state index contributed by atoms with van der Waals surface area (Å²) < 4.78 is 10.6. The van der Waals surface area contributed by atoms with Gasteiger partial charge in [-0.2, -0.15) is 0 Å². The van der Waals surface area contributed by atoms with Crippen molar-refractivity contribution in [1.29, 1.82) is 0 Å². The molecular weight excluding hydrogens is 404 g/mol. The van der Waals surface area contributed by atoms with Crippen molar-refractivity contribution < 1.29 is 56.6 Å². The van der Waals surface area contributed by atoms with E-state index in [2.05, 4.69) is 13.8 Å². The predicted molar refractivity (Wildman–Crippen MR) is 97.9 cm³/mol. The Hall–Kier alpha value is -0.506. The van der Waals surface area contributed by atoms with Crippen LogP contribution in [0.4, 0.5) is 0 Å². The van der Waals surface area contributed by atoms with Gasteiger partial charge in [-0.1, -0.05) is 27.7 Å². The van der Waals surface area contributed by atoms with Crippen LogP contribution in [0.3, 0.4) is 0 Å². The first kappa shape index (κ1) is 32.2. The minimum absolute atomic E-state index is 0.317. The molecule has 9 heteroatoms. The Labute approximate surface area is 179 Å². The second-order valence-corrected chi connectivity index (χ2v) is 9.21. The molecule has 0 aromatic rings. The van der Waals surface area contributed by atoms with Crippen LogP contribution in [0, 0.1) is 17.8 Å². The zero-order chi connectivity index (χ0) is 23.3. The van der Waals surface area contributed by atoms with Gasteiger partial charge < -0.3 is 30.0 Å². The SMILES string of the molecule is CC(C)C(C)(O)C(=O)[O-].CC(C)C(C)(O)C(=O)[O-].CC(C)C[O][Ti+2][O]C(C)C. The Morgan fingerprint density at radius 3 is 1.32 bits per heavy atom. The summed E-state index contributed by atoms with van der Waals surface area (Å²) in [4.78, 5) is 20.2. The van der Waals surface area contributed by atoms with E-state index in [4.69, 9.17) is 16.8 Å². The predicted octanol–water partition coefficient (Wildman–Crippen LogP) is 0.283. The first-order valence-corrected chi connectivity index (χ1v) is 10.6. The molecular formula is C19H38O8Ti. The molecule has 0 fully saturated rings. The average molecular weight is 442 g/mol. The van der Waals surface area contributed by atoms with Crippen LogP contribution in [0.25, 0.3) is 0 Å². The molecule has 0 aromatic carbocycles. The third kappa shape index (κ3) is 16.4. The van der Waals surface area contributed by atoms with Gasteiger partial charge >= 0.3 is 72.9 Å². The topological polar surface area (TPSA) is 139 Å². The fraction of sp³-hybridized carbons (Fsp3) is 0.895. The van der Waals surface area contributed by atoms with E-state index in [0.717, 1.165) is 6.61 Å². The van der Waals surface area contributed by atoms with Crippen LogP contribution < -0.4 is 10.2 Å². The van der Waals surface area contributed by atoms with Gasteiger partial charge in [-0.15, -0.1) is 0 Å². The molecule has 0 aromatic heterocycles. The Bertz CT molecular complexity index is 392. The van der Waals surface area contributed by atoms with Crippen LogP contribution in [0.5, 0.6) is 0 Å². The zero-order valence-corrected chi connectivity index (χ0v) is 20.4. The Kier molecular flexibility index (Phi) is 17.6. The summed E-state index contributed by atoms with van der Waals surface area (Å²) in [6, 6.07) is 0. The van der Waals surface area contributed by atoms with Crippen LogP contribution in [-0.4, -0.2) is 46.1 Å². The summed E-state index contributed by atoms with van der Waals surface area (Å²) in [5.74, 6) is -2.85. The number of carboxylic acids is 2. The van der Waals surface area contributed by atoms with Crippen molar-refractivity contribution in [3.63, 3.8) is 0 Å². The van der Waals surface area contributed by atoms with Gasteiger partial charge in [-0.3, -0.25) is 0 Å². The number of hydrogen-bond donors (Lipinski definition) is 2. The summed E-state index contributed by atoms with van der Waals surface area (Å²) in [5, 5.41) is 38.2. The van der Waals surface area contributed by atoms with Crippen LogP contribution in [0.2, 0.25) is 0 Å². The van der Waals surface area contributed by atoms with Gasteiger partial charge in [0.05, 0.1) is 11.9 Å². The monoisotopic (exact) mass is 442 g/mol. The molecule has 2 atom stereocenters. The minimum atomic E-state index is -1.69. The number of carbonyl (C=O) groups is 2. The standard InChI is InChI=1S/2C6H12O3.C4H9O.C3H7O.Ti/c2*1-4(2)6(3,9)5(7)8;1-4(2)3-5;1-3(2)4;/h2*4,9H,1-3H3,(H,7,8);4H,3H2,1-2H3;3H,1-2H3;/q;;2*-1;+4/p-2. The molecule has 0 saturated heterocycles. The van der Waals surface area contributed by atoms with Crippen molar-refractivity contribution in [2.24, 2.45) is 17.8 Å². The van der Waals surface area contributed by atoms with Gasteiger partial charge in [-0.05, 0) is 25.7 Å². The molecule has 28 heavy (non-hydrogen) atoms. The molecule has 0 saturated carbocycles. The van der Waals surface area contributed by atoms with E-state index < -0.39 is 43.1 Å². The molecule has 0 bridgehead atoms. The van der Waals surface area contributed by atoms with Gasteiger partial charge in [0, 0.05) is 0 Å². The average Bonchev–Trinajstić information content (AvgIpc) is 2.51. The first-order chi connectivity index (χ1) is 12.4. The van der Waals surface area contributed by atoms with Gasteiger partial charge in [0.1, 0.15) is 11.2 Å². The third-order valence-electron chi connectivity index (χ3n) is 3.83. The molecule has 8 nitrogen and oxygen atoms in total. The number of hydrogen-bond acceptors (Lipinski definition) is 8. The van der Waals surface area contributed by atoms with Crippen LogP contribution >= 0.6 is 0 Å². The third-order valence-corrected chi connectivity index (χ3v) is 5.17. The summed E-state index contributed by atoms with van der Waals surface area (Å²) in [6.45, 7) is 18.1. The number of aliphatic hydroxyl groups is 2. The molecule has 166 valence electrons. The normalized spacial score (nSPS) is 15.0. The molecule has 0 heterocycles. The number of carbonyl (C=O) groups excluding carboxylic acids is 2. The molecule has 2 N–H and O–H groups in total. The molecule has 0 radical (unpaired) electrons. The summed E-state index contributed by atoms with van der Waals surface area (Å²) >= 11 is -0.568. The van der Waals surface area contributed by atoms with Crippen molar-refractivity contribution in [2.45, 2.75) is 86.5 Å². The van der Waals surface area contributed by atoms with Gasteiger partial charge in [0.15, 0.2) is 0 Å². The zero-order valence-electron chi connectivity index (χ0n) is 18.9. The van der Waals surface area contributed by atoms with Gasteiger partial charge in [0.25, 0.3) is 0 Å².